The maximum absolute atomic E-state index is 11.3. The molecule has 0 aromatic rings. The van der Waals surface area contributed by atoms with Crippen LogP contribution < -0.4 is 0 Å². The first-order chi connectivity index (χ1) is 24.7. The lowest BCUT2D eigenvalue weighted by Crippen LogP contribution is -2.21. The monoisotopic (exact) mass is 830 g/mol. The highest BCUT2D eigenvalue weighted by molar-refractivity contribution is 7.91. The van der Waals surface area contributed by atoms with Gasteiger partial charge in [0.15, 0.2) is 0 Å². The van der Waals surface area contributed by atoms with Crippen molar-refractivity contribution >= 4 is 40.2 Å². The van der Waals surface area contributed by atoms with Gasteiger partial charge in [-0.05, 0) is 69.6 Å². The molecule has 8 atom stereocenters. The molecule has 8 rings (SSSR count). The standard InChI is InChI=1S/2C7H10O3S.C4H8O2S.C3H6O3S.8C2H6/c2*8-11(9)7-3-4-1-5(7)6(2-4)10-11;5-7(6)3-1-2-4-7;4-7(5)3-1-2-6-7;8*1-2/h2*4-7H,1-3H2;1-4H2;1-3H2;8*1-2H3. The minimum atomic E-state index is -3.13. The van der Waals surface area contributed by atoms with Gasteiger partial charge in [-0.2, -0.15) is 25.3 Å². The first-order valence-corrected chi connectivity index (χ1v) is 27.0. The van der Waals surface area contributed by atoms with Gasteiger partial charge in [0.2, 0.25) is 0 Å². The summed E-state index contributed by atoms with van der Waals surface area (Å²) in [4.78, 5) is 0. The number of hydrogen-bond acceptors (Lipinski definition) is 11. The Morgan fingerprint density at radius 1 is 0.404 bits per heavy atom. The molecule has 4 saturated carbocycles. The number of sulfone groups is 1. The highest BCUT2D eigenvalue weighted by Crippen LogP contribution is 2.55. The van der Waals surface area contributed by atoms with Crippen LogP contribution >= 0.6 is 0 Å². The smallest absolute Gasteiger partial charge is 0.270 e. The number of hydrogen-bond donors (Lipinski definition) is 0. The molecule has 4 bridgehead atoms. The molecule has 0 spiro atoms. The minimum absolute atomic E-state index is 0.0590. The fourth-order valence-electron chi connectivity index (χ4n) is 7.05. The first-order valence-electron chi connectivity index (χ1n) is 20.7. The average molecular weight is 831 g/mol. The zero-order valence-electron chi connectivity index (χ0n) is 35.9. The molecule has 8 aliphatic rings. The van der Waals surface area contributed by atoms with E-state index in [-0.39, 0.29) is 28.5 Å². The first kappa shape index (κ1) is 58.4. The maximum Gasteiger partial charge on any atom is 0.270 e. The summed E-state index contributed by atoms with van der Waals surface area (Å²) in [7, 11) is -11.9. The summed E-state index contributed by atoms with van der Waals surface area (Å²) < 4.78 is 101. The molecule has 4 saturated heterocycles. The normalized spacial score (nSPS) is 32.6. The Morgan fingerprint density at radius 2 is 0.731 bits per heavy atom. The molecule has 4 heterocycles. The van der Waals surface area contributed by atoms with Gasteiger partial charge >= 0.3 is 0 Å². The quantitative estimate of drug-likeness (QED) is 0.214. The van der Waals surface area contributed by atoms with E-state index in [1.807, 2.05) is 111 Å². The number of fused-ring (bicyclic) bond motifs is 2. The molecule has 52 heavy (non-hydrogen) atoms. The van der Waals surface area contributed by atoms with Crippen molar-refractivity contribution in [2.24, 2.45) is 23.7 Å². The molecular formula is C37H82O11S4. The fraction of sp³-hybridized carbons (Fsp3) is 1.00. The Labute approximate surface area is 323 Å². The summed E-state index contributed by atoms with van der Waals surface area (Å²) in [6.07, 6.45) is 8.41. The van der Waals surface area contributed by atoms with Crippen LogP contribution in [0.2, 0.25) is 0 Å². The third-order valence-corrected chi connectivity index (χ3v) is 15.3. The zero-order valence-corrected chi connectivity index (χ0v) is 39.2. The second kappa shape index (κ2) is 30.8. The molecule has 8 fully saturated rings. The highest BCUT2D eigenvalue weighted by atomic mass is 32.2. The van der Waals surface area contributed by atoms with Crippen molar-refractivity contribution in [3.8, 4) is 0 Å². The molecule has 0 aromatic heterocycles. The van der Waals surface area contributed by atoms with Crippen LogP contribution in [-0.4, -0.2) is 80.2 Å². The molecule has 320 valence electrons. The van der Waals surface area contributed by atoms with Crippen LogP contribution in [0.1, 0.15) is 169 Å². The minimum Gasteiger partial charge on any atom is -0.270 e. The van der Waals surface area contributed by atoms with E-state index in [4.69, 9.17) is 8.37 Å². The van der Waals surface area contributed by atoms with Gasteiger partial charge in [0, 0.05) is 11.8 Å². The van der Waals surface area contributed by atoms with Crippen LogP contribution in [0, 0.1) is 23.7 Å². The predicted octanol–water partition coefficient (Wildman–Crippen LogP) is 9.17. The van der Waals surface area contributed by atoms with Crippen LogP contribution in [0.5, 0.6) is 0 Å². The summed E-state index contributed by atoms with van der Waals surface area (Å²) in [5, 5.41) is -0.266. The molecule has 15 heteroatoms. The molecule has 0 aromatic carbocycles. The fourth-order valence-corrected chi connectivity index (χ4v) is 13.4. The Balaban J connectivity index is -0.000000265. The van der Waals surface area contributed by atoms with Crippen molar-refractivity contribution in [3.05, 3.63) is 0 Å². The molecular weight excluding hydrogens is 749 g/mol. The van der Waals surface area contributed by atoms with Gasteiger partial charge < -0.3 is 0 Å². The summed E-state index contributed by atoms with van der Waals surface area (Å²) >= 11 is 0. The third-order valence-electron chi connectivity index (χ3n) is 8.60. The lowest BCUT2D eigenvalue weighted by Gasteiger charge is -2.11. The Bertz CT molecular complexity index is 1150. The van der Waals surface area contributed by atoms with Crippen LogP contribution in [0.15, 0.2) is 0 Å². The van der Waals surface area contributed by atoms with Gasteiger partial charge in [0.1, 0.15) is 9.84 Å². The van der Waals surface area contributed by atoms with E-state index in [1.165, 1.54) is 0 Å². The van der Waals surface area contributed by atoms with E-state index in [1.54, 1.807) is 0 Å². The van der Waals surface area contributed by atoms with E-state index in [0.717, 1.165) is 51.4 Å². The van der Waals surface area contributed by atoms with Crippen molar-refractivity contribution < 1.29 is 46.2 Å². The molecule has 11 nitrogen and oxygen atoms in total. The van der Waals surface area contributed by atoms with E-state index in [2.05, 4.69) is 4.18 Å². The van der Waals surface area contributed by atoms with Crippen LogP contribution in [0.25, 0.3) is 0 Å². The maximum atomic E-state index is 11.3. The van der Waals surface area contributed by atoms with Gasteiger partial charge in [-0.15, -0.1) is 0 Å². The van der Waals surface area contributed by atoms with E-state index >= 15 is 0 Å². The van der Waals surface area contributed by atoms with Crippen LogP contribution in [-0.2, 0) is 52.7 Å². The molecule has 8 unspecified atom stereocenters. The Kier molecular flexibility index (Phi) is 34.6. The van der Waals surface area contributed by atoms with Crippen LogP contribution in [0.4, 0.5) is 0 Å². The van der Waals surface area contributed by atoms with Gasteiger partial charge in [0.25, 0.3) is 30.4 Å². The zero-order chi connectivity index (χ0) is 41.9. The number of rotatable bonds is 0. The van der Waals surface area contributed by atoms with Gasteiger partial charge in [0.05, 0.1) is 46.6 Å². The summed E-state index contributed by atoms with van der Waals surface area (Å²) in [6, 6.07) is 0. The average Bonchev–Trinajstić information content (AvgIpc) is 4.05. The van der Waals surface area contributed by atoms with E-state index in [0.29, 0.717) is 48.2 Å². The molecule has 4 aliphatic carbocycles. The summed E-state index contributed by atoms with van der Waals surface area (Å²) in [6.45, 7) is 32.4. The lowest BCUT2D eigenvalue weighted by atomic mass is 9.98. The van der Waals surface area contributed by atoms with Crippen LogP contribution in [0.3, 0.4) is 0 Å². The largest absolute Gasteiger partial charge is 0.270 e. The molecule has 0 radical (unpaired) electrons. The third kappa shape index (κ3) is 18.5. The van der Waals surface area contributed by atoms with E-state index < -0.39 is 40.2 Å². The van der Waals surface area contributed by atoms with Crippen molar-refractivity contribution in [3.63, 3.8) is 0 Å². The Morgan fingerprint density at radius 3 is 0.885 bits per heavy atom. The van der Waals surface area contributed by atoms with E-state index in [9.17, 15) is 33.7 Å². The molecule has 0 amide bonds. The Hall–Kier alpha value is -0.320. The van der Waals surface area contributed by atoms with Crippen molar-refractivity contribution in [2.45, 2.75) is 191 Å². The van der Waals surface area contributed by atoms with Gasteiger partial charge in [-0.1, -0.05) is 111 Å². The summed E-state index contributed by atoms with van der Waals surface area (Å²) in [5.41, 5.74) is 0. The second-order valence-electron chi connectivity index (χ2n) is 11.1. The van der Waals surface area contributed by atoms with Crippen molar-refractivity contribution in [1.29, 1.82) is 0 Å². The van der Waals surface area contributed by atoms with Gasteiger partial charge in [-0.3, -0.25) is 12.5 Å². The summed E-state index contributed by atoms with van der Waals surface area (Å²) in [5.74, 6) is 3.04. The van der Waals surface area contributed by atoms with Crippen molar-refractivity contribution in [1.82, 2.24) is 0 Å². The molecule has 4 aliphatic heterocycles. The lowest BCUT2D eigenvalue weighted by molar-refractivity contribution is 0.195. The highest BCUT2D eigenvalue weighted by Gasteiger charge is 2.60. The van der Waals surface area contributed by atoms with Crippen molar-refractivity contribution in [2.75, 3.05) is 23.9 Å². The topological polar surface area (TPSA) is 164 Å². The SMILES string of the molecule is CC.CC.CC.CC.CC.CC.CC.CC.O=S1(=O)CCCC1.O=S1(=O)CCCO1.O=S1(=O)OC2CC3CC2C1C3.O=S1(=O)OC2CC3CC2C1C3. The second-order valence-corrected chi connectivity index (χ2v) is 18.7. The molecule has 0 N–H and O–H groups in total. The van der Waals surface area contributed by atoms with Gasteiger partial charge in [-0.25, -0.2) is 8.42 Å². The predicted molar refractivity (Wildman–Crippen MR) is 220 cm³/mol.